The first-order chi connectivity index (χ1) is 8.81. The molecule has 1 heteroatoms. The van der Waals surface area contributed by atoms with Crippen LogP contribution in [0.1, 0.15) is 43.2 Å². The molecular formula is C17H23N. The highest BCUT2D eigenvalue weighted by atomic mass is 15.1. The molecule has 3 aliphatic rings. The predicted octanol–water partition coefficient (Wildman–Crippen LogP) is 3.37. The first-order valence-corrected chi connectivity index (χ1v) is 7.60. The molecule has 1 aromatic carbocycles. The Morgan fingerprint density at radius 3 is 3.00 bits per heavy atom. The van der Waals surface area contributed by atoms with E-state index in [-0.39, 0.29) is 0 Å². The van der Waals surface area contributed by atoms with Crippen molar-refractivity contribution < 1.29 is 0 Å². The number of piperidine rings is 1. The largest absolute Gasteiger partial charge is 0.303 e. The van der Waals surface area contributed by atoms with Crippen LogP contribution in [0, 0.1) is 5.92 Å². The van der Waals surface area contributed by atoms with Gasteiger partial charge in [0.1, 0.15) is 0 Å². The van der Waals surface area contributed by atoms with Crippen LogP contribution < -0.4 is 0 Å². The summed E-state index contributed by atoms with van der Waals surface area (Å²) in [6, 6.07) is 10.1. The first-order valence-electron chi connectivity index (χ1n) is 7.60. The lowest BCUT2D eigenvalue weighted by Crippen LogP contribution is -2.59. The highest BCUT2D eigenvalue weighted by Gasteiger charge is 2.52. The molecule has 18 heavy (non-hydrogen) atoms. The Hall–Kier alpha value is -0.820. The molecule has 4 rings (SSSR count). The number of rotatable bonds is 0. The smallest absolute Gasteiger partial charge is 0.0169 e. The Bertz CT molecular complexity index is 466. The Balaban J connectivity index is 1.90. The number of hydrogen-bond donors (Lipinski definition) is 0. The zero-order valence-electron chi connectivity index (χ0n) is 11.4. The number of likely N-dealkylation sites (N-methyl/N-ethyl adjacent to an activating group) is 1. The maximum Gasteiger partial charge on any atom is 0.0169 e. The third kappa shape index (κ3) is 1.31. The summed E-state index contributed by atoms with van der Waals surface area (Å²) in [6.45, 7) is 1.30. The molecule has 1 saturated carbocycles. The van der Waals surface area contributed by atoms with E-state index in [9.17, 15) is 0 Å². The number of benzene rings is 1. The van der Waals surface area contributed by atoms with E-state index in [1.54, 1.807) is 11.1 Å². The minimum atomic E-state index is 0.546. The minimum Gasteiger partial charge on any atom is -0.303 e. The van der Waals surface area contributed by atoms with Crippen molar-refractivity contribution in [3.63, 3.8) is 0 Å². The van der Waals surface area contributed by atoms with Gasteiger partial charge in [0, 0.05) is 11.5 Å². The van der Waals surface area contributed by atoms with Crippen molar-refractivity contribution in [3.05, 3.63) is 35.4 Å². The average Bonchev–Trinajstić information content (AvgIpc) is 2.43. The van der Waals surface area contributed by atoms with Crippen LogP contribution in [-0.4, -0.2) is 24.5 Å². The number of hydrogen-bond acceptors (Lipinski definition) is 1. The Morgan fingerprint density at radius 2 is 2.06 bits per heavy atom. The summed E-state index contributed by atoms with van der Waals surface area (Å²) in [7, 11) is 2.34. The summed E-state index contributed by atoms with van der Waals surface area (Å²) in [4.78, 5) is 2.64. The van der Waals surface area contributed by atoms with Crippen molar-refractivity contribution in [2.45, 2.75) is 50.0 Å². The Morgan fingerprint density at radius 1 is 1.17 bits per heavy atom. The SMILES string of the molecule is CN1CC[C@]23CCCC[C@H]2[C@@H]1Cc1ccccc13. The fourth-order valence-corrected chi connectivity index (χ4v) is 5.16. The van der Waals surface area contributed by atoms with E-state index in [1.165, 1.54) is 45.1 Å². The fourth-order valence-electron chi connectivity index (χ4n) is 5.16. The molecule has 1 aromatic rings. The third-order valence-corrected chi connectivity index (χ3v) is 6.02. The zero-order valence-corrected chi connectivity index (χ0v) is 11.4. The van der Waals surface area contributed by atoms with Gasteiger partial charge < -0.3 is 4.90 Å². The monoisotopic (exact) mass is 241 g/mol. The molecule has 1 nitrogen and oxygen atoms in total. The van der Waals surface area contributed by atoms with Gasteiger partial charge in [-0.3, -0.25) is 0 Å². The maximum atomic E-state index is 2.64. The van der Waals surface area contributed by atoms with Crippen LogP contribution in [0.25, 0.3) is 0 Å². The molecule has 0 aromatic heterocycles. The van der Waals surface area contributed by atoms with Crippen LogP contribution in [0.4, 0.5) is 0 Å². The first kappa shape index (κ1) is 11.0. The third-order valence-electron chi connectivity index (χ3n) is 6.02. The van der Waals surface area contributed by atoms with Crippen LogP contribution in [-0.2, 0) is 11.8 Å². The fraction of sp³-hybridized carbons (Fsp3) is 0.647. The van der Waals surface area contributed by atoms with Gasteiger partial charge in [-0.2, -0.15) is 0 Å². The number of likely N-dealkylation sites (tertiary alicyclic amines) is 1. The lowest BCUT2D eigenvalue weighted by molar-refractivity contribution is 0.00286. The molecule has 0 unspecified atom stereocenters. The van der Waals surface area contributed by atoms with Gasteiger partial charge in [0.05, 0.1) is 0 Å². The molecule has 3 atom stereocenters. The number of fused-ring (bicyclic) bond motifs is 1. The lowest BCUT2D eigenvalue weighted by atomic mass is 9.52. The molecule has 96 valence electrons. The molecule has 2 fully saturated rings. The van der Waals surface area contributed by atoms with Gasteiger partial charge in [0.15, 0.2) is 0 Å². The Labute approximate surface area is 110 Å². The van der Waals surface area contributed by atoms with Gasteiger partial charge in [0.2, 0.25) is 0 Å². The summed E-state index contributed by atoms with van der Waals surface area (Å²) in [5.41, 5.74) is 3.91. The van der Waals surface area contributed by atoms with Gasteiger partial charge in [-0.1, -0.05) is 37.1 Å². The van der Waals surface area contributed by atoms with E-state index >= 15 is 0 Å². The van der Waals surface area contributed by atoms with Gasteiger partial charge >= 0.3 is 0 Å². The molecule has 1 aliphatic heterocycles. The van der Waals surface area contributed by atoms with Gasteiger partial charge in [0.25, 0.3) is 0 Å². The van der Waals surface area contributed by atoms with Gasteiger partial charge in [-0.15, -0.1) is 0 Å². The van der Waals surface area contributed by atoms with Crippen molar-refractivity contribution in [1.29, 1.82) is 0 Å². The molecular weight excluding hydrogens is 218 g/mol. The van der Waals surface area contributed by atoms with E-state index in [0.29, 0.717) is 5.41 Å². The molecule has 1 saturated heterocycles. The second-order valence-electron chi connectivity index (χ2n) is 6.67. The quantitative estimate of drug-likeness (QED) is 0.673. The Kier molecular flexibility index (Phi) is 2.35. The van der Waals surface area contributed by atoms with Crippen LogP contribution in [0.3, 0.4) is 0 Å². The lowest BCUT2D eigenvalue weighted by Gasteiger charge is -2.58. The summed E-state index contributed by atoms with van der Waals surface area (Å²) in [5, 5.41) is 0. The molecule has 0 spiro atoms. The summed E-state index contributed by atoms with van der Waals surface area (Å²) >= 11 is 0. The summed E-state index contributed by atoms with van der Waals surface area (Å²) < 4.78 is 0. The van der Waals surface area contributed by atoms with Crippen LogP contribution in [0.2, 0.25) is 0 Å². The molecule has 0 N–H and O–H groups in total. The topological polar surface area (TPSA) is 3.24 Å². The van der Waals surface area contributed by atoms with E-state index in [4.69, 9.17) is 0 Å². The van der Waals surface area contributed by atoms with E-state index < -0.39 is 0 Å². The predicted molar refractivity (Wildman–Crippen MR) is 74.8 cm³/mol. The summed E-state index contributed by atoms with van der Waals surface area (Å²) in [5.74, 6) is 0.930. The minimum absolute atomic E-state index is 0.546. The zero-order chi connectivity index (χ0) is 12.2. The second kappa shape index (κ2) is 3.84. The van der Waals surface area contributed by atoms with E-state index in [2.05, 4.69) is 36.2 Å². The second-order valence-corrected chi connectivity index (χ2v) is 6.67. The van der Waals surface area contributed by atoms with Crippen LogP contribution >= 0.6 is 0 Å². The van der Waals surface area contributed by atoms with Gasteiger partial charge in [-0.05, 0) is 56.3 Å². The highest BCUT2D eigenvalue weighted by molar-refractivity contribution is 5.41. The highest BCUT2D eigenvalue weighted by Crippen LogP contribution is 2.55. The molecule has 0 amide bonds. The van der Waals surface area contributed by atoms with Crippen molar-refractivity contribution in [2.24, 2.45) is 5.92 Å². The van der Waals surface area contributed by atoms with E-state index in [1.807, 2.05) is 0 Å². The van der Waals surface area contributed by atoms with Gasteiger partial charge in [-0.25, -0.2) is 0 Å². The molecule has 1 heterocycles. The molecule has 2 aliphatic carbocycles. The normalized spacial score (nSPS) is 38.9. The van der Waals surface area contributed by atoms with Crippen molar-refractivity contribution in [2.75, 3.05) is 13.6 Å². The number of nitrogens with zero attached hydrogens (tertiary/aromatic N) is 1. The van der Waals surface area contributed by atoms with Crippen molar-refractivity contribution in [3.8, 4) is 0 Å². The standard InChI is InChI=1S/C17H23N/c1-18-11-10-17-9-5-4-8-15(17)16(18)12-13-6-2-3-7-14(13)17/h2-3,6-7,15-16H,4-5,8-12H2,1H3/t15-,16-,17-/m0/s1. The molecule has 2 bridgehead atoms. The van der Waals surface area contributed by atoms with Crippen LogP contribution in [0.15, 0.2) is 24.3 Å². The maximum absolute atomic E-state index is 2.64. The summed E-state index contributed by atoms with van der Waals surface area (Å²) in [6.07, 6.45) is 8.49. The van der Waals surface area contributed by atoms with Crippen molar-refractivity contribution >= 4 is 0 Å². The molecule has 0 radical (unpaired) electrons. The van der Waals surface area contributed by atoms with Crippen molar-refractivity contribution in [1.82, 2.24) is 4.90 Å². The average molecular weight is 241 g/mol. The van der Waals surface area contributed by atoms with Crippen LogP contribution in [0.5, 0.6) is 0 Å². The van der Waals surface area contributed by atoms with E-state index in [0.717, 1.165) is 12.0 Å².